The molecule has 136 valence electrons. The number of aryl methyl sites for hydroxylation is 2. The first-order valence-corrected chi connectivity index (χ1v) is 8.36. The normalized spacial score (nSPS) is 20.1. The van der Waals surface area contributed by atoms with Crippen molar-refractivity contribution in [2.45, 2.75) is 38.6 Å². The smallest absolute Gasteiger partial charge is 0.388 e. The highest BCUT2D eigenvalue weighted by molar-refractivity contribution is 5.75. The number of hydrogen-bond donors (Lipinski definition) is 2. The van der Waals surface area contributed by atoms with E-state index in [9.17, 15) is 18.3 Å². The highest BCUT2D eigenvalue weighted by atomic mass is 19.4. The predicted octanol–water partition coefficient (Wildman–Crippen LogP) is 4.56. The minimum Gasteiger partial charge on any atom is -0.388 e. The topological polar surface area (TPSA) is 49.6 Å². The standard InChI is InChI=1S/C19H18F3N3O/c1-10-11(2)25-8-7-13-16(26)9-15(24-17(13)18(25)23-10)12-5-3-4-6-14(12)19(20,21)22/h3-8,15-16,24,26H,9H2,1-2H3. The molecule has 7 heteroatoms. The van der Waals surface area contributed by atoms with Crippen molar-refractivity contribution in [2.75, 3.05) is 5.32 Å². The van der Waals surface area contributed by atoms with E-state index >= 15 is 0 Å². The quantitative estimate of drug-likeness (QED) is 0.668. The number of anilines is 1. The van der Waals surface area contributed by atoms with Gasteiger partial charge < -0.3 is 14.8 Å². The largest absolute Gasteiger partial charge is 0.416 e. The van der Waals surface area contributed by atoms with E-state index < -0.39 is 23.9 Å². The lowest BCUT2D eigenvalue weighted by atomic mass is 9.89. The molecule has 2 N–H and O–H groups in total. The zero-order chi connectivity index (χ0) is 18.6. The van der Waals surface area contributed by atoms with Crippen LogP contribution in [0.4, 0.5) is 18.9 Å². The Balaban J connectivity index is 1.85. The number of aliphatic hydroxyl groups is 1. The van der Waals surface area contributed by atoms with Gasteiger partial charge in [-0.15, -0.1) is 0 Å². The maximum atomic E-state index is 13.4. The van der Waals surface area contributed by atoms with E-state index in [-0.39, 0.29) is 12.0 Å². The first-order valence-electron chi connectivity index (χ1n) is 8.36. The molecule has 0 aliphatic carbocycles. The monoisotopic (exact) mass is 361 g/mol. The van der Waals surface area contributed by atoms with Crippen molar-refractivity contribution in [3.05, 3.63) is 64.6 Å². The van der Waals surface area contributed by atoms with Gasteiger partial charge in [0.05, 0.1) is 29.1 Å². The van der Waals surface area contributed by atoms with Crippen LogP contribution in [0.25, 0.3) is 5.65 Å². The van der Waals surface area contributed by atoms with E-state index in [0.29, 0.717) is 16.9 Å². The fourth-order valence-corrected chi connectivity index (χ4v) is 3.63. The number of pyridine rings is 1. The summed E-state index contributed by atoms with van der Waals surface area (Å²) in [6.07, 6.45) is -3.32. The molecule has 3 aromatic rings. The number of fused-ring (bicyclic) bond motifs is 3. The molecule has 3 heterocycles. The molecular formula is C19H18F3N3O. The van der Waals surface area contributed by atoms with Gasteiger partial charge in [-0.3, -0.25) is 0 Å². The predicted molar refractivity (Wildman–Crippen MR) is 92.1 cm³/mol. The first-order chi connectivity index (χ1) is 12.3. The average Bonchev–Trinajstić information content (AvgIpc) is 2.89. The number of nitrogens with zero attached hydrogens (tertiary/aromatic N) is 2. The van der Waals surface area contributed by atoms with E-state index in [1.54, 1.807) is 12.1 Å². The third kappa shape index (κ3) is 2.54. The summed E-state index contributed by atoms with van der Waals surface area (Å²) in [5.74, 6) is 0. The summed E-state index contributed by atoms with van der Waals surface area (Å²) >= 11 is 0. The molecule has 4 rings (SSSR count). The van der Waals surface area contributed by atoms with E-state index in [1.807, 2.05) is 24.4 Å². The number of imidazole rings is 1. The van der Waals surface area contributed by atoms with Crippen molar-refractivity contribution in [3.8, 4) is 0 Å². The van der Waals surface area contributed by atoms with Gasteiger partial charge in [0.2, 0.25) is 0 Å². The number of alkyl halides is 3. The van der Waals surface area contributed by atoms with Gasteiger partial charge in [0.15, 0.2) is 5.65 Å². The number of rotatable bonds is 1. The molecule has 0 saturated heterocycles. The van der Waals surface area contributed by atoms with Crippen LogP contribution in [0.5, 0.6) is 0 Å². The lowest BCUT2D eigenvalue weighted by molar-refractivity contribution is -0.138. The van der Waals surface area contributed by atoms with Gasteiger partial charge in [-0.1, -0.05) is 18.2 Å². The Morgan fingerprint density at radius 2 is 1.88 bits per heavy atom. The SMILES string of the molecule is Cc1nc2c3c(ccn2c1C)C(O)CC(c1ccccc1C(F)(F)F)N3. The van der Waals surface area contributed by atoms with Crippen molar-refractivity contribution < 1.29 is 18.3 Å². The second-order valence-corrected chi connectivity index (χ2v) is 6.66. The number of hydrogen-bond acceptors (Lipinski definition) is 3. The molecule has 0 spiro atoms. The molecule has 0 amide bonds. The lowest BCUT2D eigenvalue weighted by Gasteiger charge is -2.32. The van der Waals surface area contributed by atoms with Crippen molar-refractivity contribution >= 4 is 11.3 Å². The fraction of sp³-hybridized carbons (Fsp3) is 0.316. The van der Waals surface area contributed by atoms with Crippen molar-refractivity contribution in [1.29, 1.82) is 0 Å². The number of nitrogens with one attached hydrogen (secondary N) is 1. The molecule has 26 heavy (non-hydrogen) atoms. The van der Waals surface area contributed by atoms with Gasteiger partial charge in [-0.25, -0.2) is 4.98 Å². The van der Waals surface area contributed by atoms with Crippen LogP contribution in [0, 0.1) is 13.8 Å². The number of aromatic nitrogens is 2. The van der Waals surface area contributed by atoms with Crippen LogP contribution in [-0.4, -0.2) is 14.5 Å². The van der Waals surface area contributed by atoms with E-state index in [4.69, 9.17) is 0 Å². The summed E-state index contributed by atoms with van der Waals surface area (Å²) in [6, 6.07) is 6.63. The van der Waals surface area contributed by atoms with Gasteiger partial charge in [0.25, 0.3) is 0 Å². The number of benzene rings is 1. The van der Waals surface area contributed by atoms with Gasteiger partial charge in [0, 0.05) is 23.9 Å². The summed E-state index contributed by atoms with van der Waals surface area (Å²) in [7, 11) is 0. The second kappa shape index (κ2) is 5.74. The molecule has 0 bridgehead atoms. The zero-order valence-electron chi connectivity index (χ0n) is 14.3. The Morgan fingerprint density at radius 1 is 1.15 bits per heavy atom. The summed E-state index contributed by atoms with van der Waals surface area (Å²) in [4.78, 5) is 4.53. The van der Waals surface area contributed by atoms with Crippen LogP contribution in [0.2, 0.25) is 0 Å². The third-order valence-electron chi connectivity index (χ3n) is 5.08. The van der Waals surface area contributed by atoms with Crippen LogP contribution in [0.15, 0.2) is 36.5 Å². The molecule has 2 unspecified atom stereocenters. The molecule has 0 saturated carbocycles. The molecule has 0 fully saturated rings. The summed E-state index contributed by atoms with van der Waals surface area (Å²) < 4.78 is 42.1. The molecule has 1 aromatic carbocycles. The fourth-order valence-electron chi connectivity index (χ4n) is 3.63. The Morgan fingerprint density at radius 3 is 2.62 bits per heavy atom. The second-order valence-electron chi connectivity index (χ2n) is 6.66. The molecule has 1 aliphatic rings. The lowest BCUT2D eigenvalue weighted by Crippen LogP contribution is -2.25. The van der Waals surface area contributed by atoms with E-state index in [1.165, 1.54) is 12.1 Å². The Kier molecular flexibility index (Phi) is 3.73. The summed E-state index contributed by atoms with van der Waals surface area (Å²) in [5, 5.41) is 13.8. The highest BCUT2D eigenvalue weighted by Gasteiger charge is 2.37. The Hall–Kier alpha value is -2.54. The molecular weight excluding hydrogens is 343 g/mol. The molecule has 0 radical (unpaired) electrons. The Bertz CT molecular complexity index is 994. The first kappa shape index (κ1) is 16.9. The van der Waals surface area contributed by atoms with Crippen molar-refractivity contribution in [1.82, 2.24) is 9.38 Å². The van der Waals surface area contributed by atoms with Gasteiger partial charge in [-0.2, -0.15) is 13.2 Å². The van der Waals surface area contributed by atoms with Gasteiger partial charge >= 0.3 is 6.18 Å². The van der Waals surface area contributed by atoms with Crippen molar-refractivity contribution in [2.24, 2.45) is 0 Å². The van der Waals surface area contributed by atoms with Gasteiger partial charge in [0.1, 0.15) is 0 Å². The Labute approximate surface area is 148 Å². The van der Waals surface area contributed by atoms with Crippen LogP contribution in [-0.2, 0) is 6.18 Å². The van der Waals surface area contributed by atoms with Gasteiger partial charge in [-0.05, 0) is 31.5 Å². The average molecular weight is 361 g/mol. The van der Waals surface area contributed by atoms with Crippen molar-refractivity contribution in [3.63, 3.8) is 0 Å². The molecule has 1 aliphatic heterocycles. The molecule has 2 aromatic heterocycles. The van der Waals surface area contributed by atoms with E-state index in [0.717, 1.165) is 17.5 Å². The highest BCUT2D eigenvalue weighted by Crippen LogP contribution is 2.44. The van der Waals surface area contributed by atoms with Crippen LogP contribution in [0.1, 0.15) is 46.6 Å². The molecule has 4 nitrogen and oxygen atoms in total. The maximum absolute atomic E-state index is 13.4. The zero-order valence-corrected chi connectivity index (χ0v) is 14.3. The number of aliphatic hydroxyl groups excluding tert-OH is 1. The van der Waals surface area contributed by atoms with Crippen LogP contribution in [0.3, 0.4) is 0 Å². The molecule has 2 atom stereocenters. The minimum atomic E-state index is -4.45. The third-order valence-corrected chi connectivity index (χ3v) is 5.08. The van der Waals surface area contributed by atoms with E-state index in [2.05, 4.69) is 10.3 Å². The number of halogens is 3. The minimum absolute atomic E-state index is 0.131. The maximum Gasteiger partial charge on any atom is 0.416 e. The summed E-state index contributed by atoms with van der Waals surface area (Å²) in [6.45, 7) is 3.81. The summed E-state index contributed by atoms with van der Waals surface area (Å²) in [5.41, 5.74) is 3.10. The van der Waals surface area contributed by atoms with Crippen LogP contribution < -0.4 is 5.32 Å². The van der Waals surface area contributed by atoms with Crippen LogP contribution >= 0.6 is 0 Å².